The molecule has 0 saturated carbocycles. The van der Waals surface area contributed by atoms with Crippen molar-refractivity contribution in [2.45, 2.75) is 71.5 Å². The summed E-state index contributed by atoms with van der Waals surface area (Å²) in [6, 6.07) is 0. The van der Waals surface area contributed by atoms with Crippen molar-refractivity contribution in [3.63, 3.8) is 0 Å². The highest BCUT2D eigenvalue weighted by atomic mass is 127. The number of amides is 2. The van der Waals surface area contributed by atoms with E-state index in [2.05, 4.69) is 32.9 Å². The van der Waals surface area contributed by atoms with Gasteiger partial charge >= 0.3 is 12.2 Å². The van der Waals surface area contributed by atoms with Crippen molar-refractivity contribution < 1.29 is 19.1 Å². The van der Waals surface area contributed by atoms with Crippen molar-refractivity contribution in [2.24, 2.45) is 0 Å². The first-order valence-corrected chi connectivity index (χ1v) is 10.9. The van der Waals surface area contributed by atoms with Crippen LogP contribution in [-0.2, 0) is 9.47 Å². The van der Waals surface area contributed by atoms with Gasteiger partial charge in [0.05, 0.1) is 5.01 Å². The van der Waals surface area contributed by atoms with E-state index in [-0.39, 0.29) is 12.0 Å². The lowest BCUT2D eigenvalue weighted by atomic mass is 9.98. The molecule has 0 unspecified atom stereocenters. The second-order valence-electron chi connectivity index (χ2n) is 8.54. The van der Waals surface area contributed by atoms with Gasteiger partial charge in [-0.3, -0.25) is 5.32 Å². The Morgan fingerprint density at radius 3 is 2.19 bits per heavy atom. The third-order valence-corrected chi connectivity index (χ3v) is 5.90. The summed E-state index contributed by atoms with van der Waals surface area (Å²) in [6.45, 7) is 12.4. The maximum absolute atomic E-state index is 12.2. The lowest BCUT2D eigenvalue weighted by Crippen LogP contribution is -2.41. The molecule has 1 aromatic heterocycles. The molecule has 1 aliphatic heterocycles. The third-order valence-electron chi connectivity index (χ3n) is 3.72. The number of nitrogens with one attached hydrogen (secondary N) is 1. The van der Waals surface area contributed by atoms with Gasteiger partial charge in [-0.05, 0) is 77.0 Å². The predicted octanol–water partition coefficient (Wildman–Crippen LogP) is 5.21. The molecule has 0 aromatic carbocycles. The van der Waals surface area contributed by atoms with Crippen LogP contribution in [0.1, 0.15) is 65.3 Å². The van der Waals surface area contributed by atoms with Crippen LogP contribution >= 0.6 is 33.9 Å². The van der Waals surface area contributed by atoms with Crippen LogP contribution in [0.25, 0.3) is 0 Å². The summed E-state index contributed by atoms with van der Waals surface area (Å²) in [4.78, 5) is 30.5. The molecule has 7 nitrogen and oxygen atoms in total. The molecule has 0 atom stereocenters. The van der Waals surface area contributed by atoms with Gasteiger partial charge in [0.25, 0.3) is 0 Å². The van der Waals surface area contributed by atoms with Crippen molar-refractivity contribution in [1.29, 1.82) is 0 Å². The van der Waals surface area contributed by atoms with Gasteiger partial charge in [-0.2, -0.15) is 0 Å². The quantitative estimate of drug-likeness (QED) is 0.554. The lowest BCUT2D eigenvalue weighted by molar-refractivity contribution is 0.0204. The fourth-order valence-electron chi connectivity index (χ4n) is 2.60. The van der Waals surface area contributed by atoms with Gasteiger partial charge in [-0.25, -0.2) is 14.6 Å². The molecule has 1 saturated heterocycles. The fourth-order valence-corrected chi connectivity index (χ4v) is 4.45. The summed E-state index contributed by atoms with van der Waals surface area (Å²) < 4.78 is 11.6. The molecular formula is C18H28IN3O4S. The molecule has 0 bridgehead atoms. The summed E-state index contributed by atoms with van der Waals surface area (Å²) in [5.41, 5.74) is -1.04. The van der Waals surface area contributed by atoms with E-state index in [1.165, 1.54) is 0 Å². The predicted molar refractivity (Wildman–Crippen MR) is 114 cm³/mol. The van der Waals surface area contributed by atoms with Crippen LogP contribution in [0.2, 0.25) is 0 Å². The van der Waals surface area contributed by atoms with Gasteiger partial charge in [0.2, 0.25) is 0 Å². The topological polar surface area (TPSA) is 80.8 Å². The number of aromatic nitrogens is 1. The molecular weight excluding hydrogens is 481 g/mol. The second-order valence-corrected chi connectivity index (χ2v) is 11.4. The van der Waals surface area contributed by atoms with E-state index in [1.807, 2.05) is 41.5 Å². The Labute approximate surface area is 178 Å². The number of hydrogen-bond acceptors (Lipinski definition) is 6. The second kappa shape index (κ2) is 8.50. The Bertz CT molecular complexity index is 686. The molecule has 2 amide bonds. The maximum Gasteiger partial charge on any atom is 0.413 e. The highest BCUT2D eigenvalue weighted by Crippen LogP contribution is 2.35. The number of thiazole rings is 1. The van der Waals surface area contributed by atoms with Crippen LogP contribution in [0.5, 0.6) is 0 Å². The normalized spacial score (nSPS) is 16.2. The summed E-state index contributed by atoms with van der Waals surface area (Å²) in [5.74, 6) is 0.816. The molecule has 152 valence electrons. The van der Waals surface area contributed by atoms with E-state index in [0.29, 0.717) is 18.9 Å². The molecule has 1 aliphatic rings. The van der Waals surface area contributed by atoms with Crippen LogP contribution in [-0.4, -0.2) is 46.4 Å². The first-order chi connectivity index (χ1) is 12.3. The molecule has 0 radical (unpaired) electrons. The van der Waals surface area contributed by atoms with E-state index in [0.717, 1.165) is 20.7 Å². The highest BCUT2D eigenvalue weighted by molar-refractivity contribution is 14.1. The van der Waals surface area contributed by atoms with E-state index in [4.69, 9.17) is 9.47 Å². The van der Waals surface area contributed by atoms with E-state index in [9.17, 15) is 9.59 Å². The molecule has 2 rings (SSSR count). The van der Waals surface area contributed by atoms with Crippen molar-refractivity contribution >= 4 is 51.9 Å². The molecule has 1 fully saturated rings. The van der Waals surface area contributed by atoms with Crippen molar-refractivity contribution in [2.75, 3.05) is 18.4 Å². The third kappa shape index (κ3) is 7.10. The SMILES string of the molecule is CC(C)(C)OC(=O)Nc1nc(C2CCN(C(=O)OC(C)(C)C)CC2)sc1I. The number of piperidine rings is 1. The number of carbonyl (C=O) groups excluding carboxylic acids is 2. The number of halogens is 1. The molecule has 2 heterocycles. The molecule has 9 heteroatoms. The van der Waals surface area contributed by atoms with Crippen LogP contribution in [0.3, 0.4) is 0 Å². The standard InChI is InChI=1S/C18H28IN3O4S/c1-17(2,3)25-15(23)21-13-12(19)27-14(20-13)11-7-9-22(10-8-11)16(24)26-18(4,5)6/h11H,7-10H2,1-6H3,(H,21,23). The highest BCUT2D eigenvalue weighted by Gasteiger charge is 2.29. The van der Waals surface area contributed by atoms with Gasteiger partial charge in [-0.1, -0.05) is 0 Å². The van der Waals surface area contributed by atoms with Crippen LogP contribution in [0.15, 0.2) is 0 Å². The van der Waals surface area contributed by atoms with Gasteiger partial charge in [0, 0.05) is 19.0 Å². The fraction of sp³-hybridized carbons (Fsp3) is 0.722. The number of carbonyl (C=O) groups is 2. The van der Waals surface area contributed by atoms with Crippen LogP contribution < -0.4 is 5.32 Å². The minimum Gasteiger partial charge on any atom is -0.444 e. The smallest absolute Gasteiger partial charge is 0.413 e. The average molecular weight is 509 g/mol. The Morgan fingerprint density at radius 1 is 1.11 bits per heavy atom. The first kappa shape index (κ1) is 22.2. The van der Waals surface area contributed by atoms with Crippen molar-refractivity contribution in [1.82, 2.24) is 9.88 Å². The van der Waals surface area contributed by atoms with Gasteiger partial charge in [0.15, 0.2) is 5.82 Å². The maximum atomic E-state index is 12.2. The Balaban J connectivity index is 1.93. The van der Waals surface area contributed by atoms with E-state index in [1.54, 1.807) is 16.2 Å². The van der Waals surface area contributed by atoms with Crippen molar-refractivity contribution in [3.8, 4) is 0 Å². The zero-order valence-corrected chi connectivity index (χ0v) is 19.7. The summed E-state index contributed by atoms with van der Waals surface area (Å²) in [5, 5.41) is 3.71. The Kier molecular flexibility index (Phi) is 6.99. The molecule has 1 N–H and O–H groups in total. The summed E-state index contributed by atoms with van der Waals surface area (Å²) >= 11 is 3.75. The van der Waals surface area contributed by atoms with Crippen molar-refractivity contribution in [3.05, 3.63) is 7.89 Å². The number of ether oxygens (including phenoxy) is 2. The van der Waals surface area contributed by atoms with Gasteiger partial charge in [-0.15, -0.1) is 11.3 Å². The lowest BCUT2D eigenvalue weighted by Gasteiger charge is -2.32. The Hall–Kier alpha value is -1.10. The number of hydrogen-bond donors (Lipinski definition) is 1. The summed E-state index contributed by atoms with van der Waals surface area (Å²) in [6.07, 6.45) is 0.891. The minimum atomic E-state index is -0.553. The van der Waals surface area contributed by atoms with Crippen LogP contribution in [0.4, 0.5) is 15.4 Å². The molecule has 0 spiro atoms. The van der Waals surface area contributed by atoms with Gasteiger partial charge < -0.3 is 14.4 Å². The number of anilines is 1. The summed E-state index contributed by atoms with van der Waals surface area (Å²) in [7, 11) is 0. The minimum absolute atomic E-state index is 0.262. The van der Waals surface area contributed by atoms with E-state index >= 15 is 0 Å². The number of likely N-dealkylation sites (tertiary alicyclic amines) is 1. The zero-order valence-electron chi connectivity index (χ0n) is 16.7. The monoisotopic (exact) mass is 509 g/mol. The molecule has 27 heavy (non-hydrogen) atoms. The van der Waals surface area contributed by atoms with E-state index < -0.39 is 17.3 Å². The largest absolute Gasteiger partial charge is 0.444 e. The number of nitrogens with zero attached hydrogens (tertiary/aromatic N) is 2. The average Bonchev–Trinajstić information content (AvgIpc) is 2.84. The van der Waals surface area contributed by atoms with Crippen LogP contribution in [0, 0.1) is 2.88 Å². The first-order valence-electron chi connectivity index (χ1n) is 8.98. The number of rotatable bonds is 2. The Morgan fingerprint density at radius 2 is 1.67 bits per heavy atom. The molecule has 1 aromatic rings. The van der Waals surface area contributed by atoms with Gasteiger partial charge in [0.1, 0.15) is 14.1 Å². The zero-order chi connectivity index (χ0) is 20.4. The molecule has 0 aliphatic carbocycles.